The number of ether oxygens (including phenoxy) is 2. The average Bonchev–Trinajstić information content (AvgIpc) is 3.07. The molecular formula is C16H32O2. The van der Waals surface area contributed by atoms with Gasteiger partial charge in [-0.05, 0) is 31.6 Å². The molecule has 1 saturated heterocycles. The van der Waals surface area contributed by atoms with Crippen molar-refractivity contribution in [2.45, 2.75) is 78.4 Å². The van der Waals surface area contributed by atoms with E-state index in [1.807, 2.05) is 0 Å². The second-order valence-electron chi connectivity index (χ2n) is 5.84. The highest BCUT2D eigenvalue weighted by Gasteiger charge is 2.35. The van der Waals surface area contributed by atoms with E-state index in [0.717, 1.165) is 19.1 Å². The lowest BCUT2D eigenvalue weighted by molar-refractivity contribution is 0.0614. The van der Waals surface area contributed by atoms with Crippen molar-refractivity contribution in [1.82, 2.24) is 0 Å². The van der Waals surface area contributed by atoms with E-state index in [1.54, 1.807) is 0 Å². The molecule has 2 heteroatoms. The van der Waals surface area contributed by atoms with Crippen LogP contribution in [0.5, 0.6) is 0 Å². The molecule has 0 radical (unpaired) electrons. The summed E-state index contributed by atoms with van der Waals surface area (Å²) in [5, 5.41) is 0. The molecule has 18 heavy (non-hydrogen) atoms. The molecule has 1 heterocycles. The lowest BCUT2D eigenvalue weighted by atomic mass is 9.99. The van der Waals surface area contributed by atoms with Crippen molar-refractivity contribution in [2.24, 2.45) is 11.8 Å². The Balaban J connectivity index is 2.09. The first-order valence-electron chi connectivity index (χ1n) is 7.94. The third kappa shape index (κ3) is 6.19. The molecule has 0 aliphatic carbocycles. The van der Waals surface area contributed by atoms with Gasteiger partial charge in [-0.15, -0.1) is 0 Å². The normalized spacial score (nSPS) is 26.0. The van der Waals surface area contributed by atoms with E-state index >= 15 is 0 Å². The quantitative estimate of drug-likeness (QED) is 0.510. The molecule has 2 nitrogen and oxygen atoms in total. The summed E-state index contributed by atoms with van der Waals surface area (Å²) >= 11 is 0. The van der Waals surface area contributed by atoms with Crippen LogP contribution < -0.4 is 0 Å². The van der Waals surface area contributed by atoms with Gasteiger partial charge in [-0.1, -0.05) is 46.5 Å². The minimum Gasteiger partial charge on any atom is -0.381 e. The first-order chi connectivity index (χ1) is 8.71. The van der Waals surface area contributed by atoms with Crippen molar-refractivity contribution in [1.29, 1.82) is 0 Å². The topological polar surface area (TPSA) is 21.8 Å². The smallest absolute Gasteiger partial charge is 0.0842 e. The van der Waals surface area contributed by atoms with E-state index < -0.39 is 0 Å². The highest BCUT2D eigenvalue weighted by Crippen LogP contribution is 2.29. The SMILES string of the molecule is CCCCC(CC)COCC(CC)CC1OC1C. The van der Waals surface area contributed by atoms with Crippen molar-refractivity contribution in [2.75, 3.05) is 13.2 Å². The van der Waals surface area contributed by atoms with Gasteiger partial charge in [0.15, 0.2) is 0 Å². The summed E-state index contributed by atoms with van der Waals surface area (Å²) in [5.74, 6) is 1.45. The van der Waals surface area contributed by atoms with Crippen LogP contribution in [-0.2, 0) is 9.47 Å². The monoisotopic (exact) mass is 256 g/mol. The number of hydrogen-bond donors (Lipinski definition) is 0. The molecule has 0 aromatic heterocycles. The minimum absolute atomic E-state index is 0.493. The Hall–Kier alpha value is -0.0800. The lowest BCUT2D eigenvalue weighted by Crippen LogP contribution is -2.16. The molecule has 1 fully saturated rings. The second-order valence-corrected chi connectivity index (χ2v) is 5.84. The zero-order valence-electron chi connectivity index (χ0n) is 12.8. The van der Waals surface area contributed by atoms with Crippen LogP contribution in [0.2, 0.25) is 0 Å². The maximum atomic E-state index is 5.95. The Morgan fingerprint density at radius 1 is 1.06 bits per heavy atom. The predicted molar refractivity (Wildman–Crippen MR) is 76.9 cm³/mol. The number of hydrogen-bond acceptors (Lipinski definition) is 2. The Morgan fingerprint density at radius 2 is 1.67 bits per heavy atom. The molecule has 4 atom stereocenters. The molecule has 0 aromatic carbocycles. The van der Waals surface area contributed by atoms with Crippen LogP contribution in [0.15, 0.2) is 0 Å². The first-order valence-corrected chi connectivity index (χ1v) is 7.94. The molecular weight excluding hydrogens is 224 g/mol. The molecule has 0 aromatic rings. The fourth-order valence-corrected chi connectivity index (χ4v) is 2.46. The maximum Gasteiger partial charge on any atom is 0.0842 e. The zero-order chi connectivity index (χ0) is 13.4. The summed E-state index contributed by atoms with van der Waals surface area (Å²) in [6, 6.07) is 0. The van der Waals surface area contributed by atoms with E-state index in [1.165, 1.54) is 38.5 Å². The van der Waals surface area contributed by atoms with Gasteiger partial charge in [-0.25, -0.2) is 0 Å². The number of epoxide rings is 1. The lowest BCUT2D eigenvalue weighted by Gasteiger charge is -2.18. The molecule has 1 aliphatic rings. The van der Waals surface area contributed by atoms with Crippen LogP contribution in [0.1, 0.15) is 66.2 Å². The Bertz CT molecular complexity index is 205. The van der Waals surface area contributed by atoms with Crippen LogP contribution in [0.25, 0.3) is 0 Å². The van der Waals surface area contributed by atoms with Crippen molar-refractivity contribution in [3.8, 4) is 0 Å². The Labute approximate surface area is 113 Å². The number of unbranched alkanes of at least 4 members (excludes halogenated alkanes) is 1. The summed E-state index contributed by atoms with van der Waals surface area (Å²) in [4.78, 5) is 0. The average molecular weight is 256 g/mol. The predicted octanol–water partition coefficient (Wildman–Crippen LogP) is 4.42. The van der Waals surface area contributed by atoms with E-state index in [2.05, 4.69) is 27.7 Å². The van der Waals surface area contributed by atoms with Crippen LogP contribution in [0.4, 0.5) is 0 Å². The van der Waals surface area contributed by atoms with Gasteiger partial charge in [0.25, 0.3) is 0 Å². The highest BCUT2D eigenvalue weighted by atomic mass is 16.6. The maximum absolute atomic E-state index is 5.95. The van der Waals surface area contributed by atoms with Gasteiger partial charge in [0.05, 0.1) is 12.2 Å². The van der Waals surface area contributed by atoms with Gasteiger partial charge in [0, 0.05) is 13.2 Å². The van der Waals surface area contributed by atoms with Gasteiger partial charge in [-0.3, -0.25) is 0 Å². The summed E-state index contributed by atoms with van der Waals surface area (Å²) in [6.07, 6.45) is 8.61. The van der Waals surface area contributed by atoms with Crippen molar-refractivity contribution >= 4 is 0 Å². The highest BCUT2D eigenvalue weighted by molar-refractivity contribution is 4.82. The third-order valence-corrected chi connectivity index (χ3v) is 4.23. The molecule has 0 bridgehead atoms. The summed E-state index contributed by atoms with van der Waals surface area (Å²) in [6.45, 7) is 10.8. The molecule has 1 aliphatic heterocycles. The van der Waals surface area contributed by atoms with E-state index in [0.29, 0.717) is 18.1 Å². The molecule has 108 valence electrons. The van der Waals surface area contributed by atoms with Gasteiger partial charge < -0.3 is 9.47 Å². The van der Waals surface area contributed by atoms with Crippen molar-refractivity contribution in [3.05, 3.63) is 0 Å². The van der Waals surface area contributed by atoms with Crippen LogP contribution in [0.3, 0.4) is 0 Å². The van der Waals surface area contributed by atoms with Crippen LogP contribution in [-0.4, -0.2) is 25.4 Å². The molecule has 0 amide bonds. The number of rotatable bonds is 11. The zero-order valence-corrected chi connectivity index (χ0v) is 12.8. The fraction of sp³-hybridized carbons (Fsp3) is 1.00. The van der Waals surface area contributed by atoms with Gasteiger partial charge in [-0.2, -0.15) is 0 Å². The standard InChI is InChI=1S/C16H32O2/c1-5-8-9-14(6-2)11-17-12-15(7-3)10-16-13(4)18-16/h13-16H,5-12H2,1-4H3. The molecule has 0 spiro atoms. The van der Waals surface area contributed by atoms with E-state index in [9.17, 15) is 0 Å². The third-order valence-electron chi connectivity index (χ3n) is 4.23. The van der Waals surface area contributed by atoms with E-state index in [4.69, 9.17) is 9.47 Å². The largest absolute Gasteiger partial charge is 0.381 e. The van der Waals surface area contributed by atoms with Crippen molar-refractivity contribution in [3.63, 3.8) is 0 Å². The Kier molecular flexibility index (Phi) is 7.92. The van der Waals surface area contributed by atoms with Gasteiger partial charge >= 0.3 is 0 Å². The van der Waals surface area contributed by atoms with E-state index in [-0.39, 0.29) is 0 Å². The molecule has 4 unspecified atom stereocenters. The fourth-order valence-electron chi connectivity index (χ4n) is 2.46. The van der Waals surface area contributed by atoms with Crippen molar-refractivity contribution < 1.29 is 9.47 Å². The molecule has 0 N–H and O–H groups in total. The molecule has 1 rings (SSSR count). The van der Waals surface area contributed by atoms with Gasteiger partial charge in [0.2, 0.25) is 0 Å². The second kappa shape index (κ2) is 8.92. The van der Waals surface area contributed by atoms with Crippen LogP contribution in [0, 0.1) is 11.8 Å². The minimum atomic E-state index is 0.493. The van der Waals surface area contributed by atoms with Crippen LogP contribution >= 0.6 is 0 Å². The summed E-state index contributed by atoms with van der Waals surface area (Å²) in [5.41, 5.74) is 0. The first kappa shape index (κ1) is 16.0. The van der Waals surface area contributed by atoms with Gasteiger partial charge in [0.1, 0.15) is 0 Å². The molecule has 0 saturated carbocycles. The Morgan fingerprint density at radius 3 is 2.17 bits per heavy atom. The summed E-state index contributed by atoms with van der Waals surface area (Å²) < 4.78 is 11.4. The summed E-state index contributed by atoms with van der Waals surface area (Å²) in [7, 11) is 0.